The van der Waals surface area contributed by atoms with E-state index >= 15 is 0 Å². The van der Waals surface area contributed by atoms with Crippen molar-refractivity contribution >= 4 is 0 Å². The van der Waals surface area contributed by atoms with Gasteiger partial charge in [-0.25, -0.2) is 0 Å². The lowest BCUT2D eigenvalue weighted by Crippen LogP contribution is -2.13. The van der Waals surface area contributed by atoms with Crippen molar-refractivity contribution in [1.29, 1.82) is 0 Å². The monoisotopic (exact) mass is 222 g/mol. The molecule has 2 rings (SSSR count). The quantitative estimate of drug-likeness (QED) is 0.720. The van der Waals surface area contributed by atoms with Gasteiger partial charge in [-0.1, -0.05) is 44.4 Å². The maximum Gasteiger partial charge on any atom is 0.196 e. The number of ether oxygens (including phenoxy) is 2. The first-order chi connectivity index (χ1) is 7.76. The highest BCUT2D eigenvalue weighted by molar-refractivity contribution is 5.20. The first-order valence-corrected chi connectivity index (χ1v) is 6.00. The minimum Gasteiger partial charge on any atom is -0.465 e. The third kappa shape index (κ3) is 5.76. The van der Waals surface area contributed by atoms with Crippen LogP contribution in [0.5, 0.6) is 5.75 Å². The lowest BCUT2D eigenvalue weighted by atomic mass is 10.3. The summed E-state index contributed by atoms with van der Waals surface area (Å²) >= 11 is 0. The van der Waals surface area contributed by atoms with Gasteiger partial charge in [0.2, 0.25) is 0 Å². The number of para-hydroxylation sites is 1. The summed E-state index contributed by atoms with van der Waals surface area (Å²) in [5, 5.41) is 0. The highest BCUT2D eigenvalue weighted by atomic mass is 16.7. The van der Waals surface area contributed by atoms with Crippen molar-refractivity contribution in [3.8, 4) is 5.75 Å². The molecule has 2 heteroatoms. The van der Waals surface area contributed by atoms with Gasteiger partial charge in [0, 0.05) is 7.11 Å². The van der Waals surface area contributed by atoms with E-state index in [-0.39, 0.29) is 6.29 Å². The zero-order chi connectivity index (χ0) is 11.8. The van der Waals surface area contributed by atoms with Crippen LogP contribution in [-0.2, 0) is 4.74 Å². The number of hydrogen-bond acceptors (Lipinski definition) is 2. The van der Waals surface area contributed by atoms with Gasteiger partial charge in [-0.05, 0) is 25.0 Å². The van der Waals surface area contributed by atoms with Crippen LogP contribution < -0.4 is 4.74 Å². The largest absolute Gasteiger partial charge is 0.465 e. The molecule has 0 amide bonds. The molecule has 1 aliphatic rings. The molecule has 1 aromatic carbocycles. The van der Waals surface area contributed by atoms with Crippen molar-refractivity contribution < 1.29 is 9.47 Å². The fourth-order valence-electron chi connectivity index (χ4n) is 1.26. The van der Waals surface area contributed by atoms with E-state index in [4.69, 9.17) is 9.47 Å². The van der Waals surface area contributed by atoms with E-state index in [2.05, 4.69) is 6.92 Å². The zero-order valence-corrected chi connectivity index (χ0v) is 10.5. The maximum atomic E-state index is 5.34. The molecule has 1 saturated carbocycles. The minimum atomic E-state index is -0.183. The molecule has 1 atom stereocenters. The van der Waals surface area contributed by atoms with Gasteiger partial charge >= 0.3 is 0 Å². The topological polar surface area (TPSA) is 18.5 Å². The van der Waals surface area contributed by atoms with E-state index in [9.17, 15) is 0 Å². The summed E-state index contributed by atoms with van der Waals surface area (Å²) in [7, 11) is 1.62. The Hall–Kier alpha value is -1.02. The summed E-state index contributed by atoms with van der Waals surface area (Å²) in [6.45, 7) is 4.12. The molecule has 90 valence electrons. The van der Waals surface area contributed by atoms with Crippen molar-refractivity contribution in [3.63, 3.8) is 0 Å². The maximum absolute atomic E-state index is 5.34. The molecule has 1 aliphatic carbocycles. The third-order valence-electron chi connectivity index (χ3n) is 2.65. The van der Waals surface area contributed by atoms with E-state index in [1.165, 1.54) is 19.3 Å². The van der Waals surface area contributed by atoms with Crippen molar-refractivity contribution in [2.24, 2.45) is 5.92 Å². The Bertz CT molecular complexity index is 267. The Morgan fingerprint density at radius 1 is 1.25 bits per heavy atom. The van der Waals surface area contributed by atoms with Crippen LogP contribution in [0.15, 0.2) is 30.3 Å². The molecule has 16 heavy (non-hydrogen) atoms. The molecule has 0 N–H and O–H groups in total. The molecule has 0 spiro atoms. The first kappa shape index (κ1) is 13.0. The predicted molar refractivity (Wildman–Crippen MR) is 66.6 cm³/mol. The third-order valence-corrected chi connectivity index (χ3v) is 2.65. The van der Waals surface area contributed by atoms with Crippen LogP contribution in [0.2, 0.25) is 0 Å². The van der Waals surface area contributed by atoms with Crippen LogP contribution >= 0.6 is 0 Å². The second kappa shape index (κ2) is 7.29. The molecule has 1 aromatic rings. The summed E-state index contributed by atoms with van der Waals surface area (Å²) in [5.41, 5.74) is 0. The van der Waals surface area contributed by atoms with Gasteiger partial charge in [0.25, 0.3) is 0 Å². The van der Waals surface area contributed by atoms with Crippen LogP contribution in [0, 0.1) is 5.92 Å². The molecule has 2 nitrogen and oxygen atoms in total. The van der Waals surface area contributed by atoms with Gasteiger partial charge in [-0.15, -0.1) is 0 Å². The molecule has 0 aliphatic heterocycles. The fourth-order valence-corrected chi connectivity index (χ4v) is 1.26. The fraction of sp³-hybridized carbons (Fsp3) is 0.571. The molecular weight excluding hydrogens is 200 g/mol. The average molecular weight is 222 g/mol. The average Bonchev–Trinajstić information content (AvgIpc) is 3.14. The SMILES string of the molecule is CCC1CC1.COC(C)Oc1ccccc1. The van der Waals surface area contributed by atoms with E-state index in [0.717, 1.165) is 11.7 Å². The van der Waals surface area contributed by atoms with E-state index in [1.54, 1.807) is 7.11 Å². The summed E-state index contributed by atoms with van der Waals surface area (Å²) in [6, 6.07) is 9.60. The number of methoxy groups -OCH3 is 1. The summed E-state index contributed by atoms with van der Waals surface area (Å²) < 4.78 is 10.3. The molecule has 0 saturated heterocycles. The van der Waals surface area contributed by atoms with Gasteiger partial charge in [-0.2, -0.15) is 0 Å². The van der Waals surface area contributed by atoms with Crippen molar-refractivity contribution in [3.05, 3.63) is 30.3 Å². The van der Waals surface area contributed by atoms with Crippen molar-refractivity contribution in [2.75, 3.05) is 7.11 Å². The minimum absolute atomic E-state index is 0.183. The number of hydrogen-bond donors (Lipinski definition) is 0. The Morgan fingerprint density at radius 2 is 1.88 bits per heavy atom. The molecule has 1 fully saturated rings. The molecule has 0 bridgehead atoms. The second-order valence-electron chi connectivity index (χ2n) is 4.09. The van der Waals surface area contributed by atoms with Crippen LogP contribution in [0.3, 0.4) is 0 Å². The van der Waals surface area contributed by atoms with E-state index < -0.39 is 0 Å². The van der Waals surface area contributed by atoms with Crippen LogP contribution in [0.1, 0.15) is 33.1 Å². The lowest BCUT2D eigenvalue weighted by Gasteiger charge is -2.11. The van der Waals surface area contributed by atoms with Gasteiger partial charge in [-0.3, -0.25) is 0 Å². The van der Waals surface area contributed by atoms with Gasteiger partial charge in [0.1, 0.15) is 5.75 Å². The first-order valence-electron chi connectivity index (χ1n) is 6.00. The molecule has 0 heterocycles. The van der Waals surface area contributed by atoms with Gasteiger partial charge < -0.3 is 9.47 Å². The Balaban J connectivity index is 0.000000212. The van der Waals surface area contributed by atoms with Crippen LogP contribution in [0.4, 0.5) is 0 Å². The predicted octanol–water partition coefficient (Wildman–Crippen LogP) is 3.86. The van der Waals surface area contributed by atoms with Crippen molar-refractivity contribution in [1.82, 2.24) is 0 Å². The highest BCUT2D eigenvalue weighted by Gasteiger charge is 2.17. The van der Waals surface area contributed by atoms with Crippen LogP contribution in [-0.4, -0.2) is 13.4 Å². The molecule has 0 aromatic heterocycles. The van der Waals surface area contributed by atoms with Crippen LogP contribution in [0.25, 0.3) is 0 Å². The smallest absolute Gasteiger partial charge is 0.196 e. The second-order valence-corrected chi connectivity index (χ2v) is 4.09. The van der Waals surface area contributed by atoms with E-state index in [1.807, 2.05) is 37.3 Å². The molecule has 1 unspecified atom stereocenters. The normalized spacial score (nSPS) is 15.9. The highest BCUT2D eigenvalue weighted by Crippen LogP contribution is 2.31. The van der Waals surface area contributed by atoms with Crippen molar-refractivity contribution in [2.45, 2.75) is 39.4 Å². The molecule has 0 radical (unpaired) electrons. The standard InChI is InChI=1S/C9H12O2.C5H10/c1-8(10-2)11-9-6-4-3-5-7-9;1-2-5-3-4-5/h3-8H,1-2H3;5H,2-4H2,1H3. The Labute approximate surface area is 98.6 Å². The Morgan fingerprint density at radius 3 is 2.25 bits per heavy atom. The lowest BCUT2D eigenvalue weighted by molar-refractivity contribution is -0.0382. The van der Waals surface area contributed by atoms with E-state index in [0.29, 0.717) is 0 Å². The summed E-state index contributed by atoms with van der Waals surface area (Å²) in [4.78, 5) is 0. The number of rotatable bonds is 4. The molecular formula is C14H22O2. The van der Waals surface area contributed by atoms with Gasteiger partial charge in [0.15, 0.2) is 6.29 Å². The summed E-state index contributed by atoms with van der Waals surface area (Å²) in [5.74, 6) is 1.97. The zero-order valence-electron chi connectivity index (χ0n) is 10.5. The van der Waals surface area contributed by atoms with Gasteiger partial charge in [0.05, 0.1) is 0 Å². The summed E-state index contributed by atoms with van der Waals surface area (Å²) in [6.07, 6.45) is 4.25. The number of benzene rings is 1. The Kier molecular flexibility index (Phi) is 5.94.